The summed E-state index contributed by atoms with van der Waals surface area (Å²) in [6, 6.07) is 9.86. The van der Waals surface area contributed by atoms with E-state index < -0.39 is 29.4 Å². The monoisotopic (exact) mass is 467 g/mol. The van der Waals surface area contributed by atoms with Crippen molar-refractivity contribution in [3.05, 3.63) is 59.4 Å². The highest BCUT2D eigenvalue weighted by atomic mass is 19.1. The molecular weight excluding hydrogens is 441 g/mol. The highest BCUT2D eigenvalue weighted by Crippen LogP contribution is 2.31. The Bertz CT molecular complexity index is 1160. The van der Waals surface area contributed by atoms with Gasteiger partial charge in [-0.2, -0.15) is 0 Å². The molecule has 34 heavy (non-hydrogen) atoms. The van der Waals surface area contributed by atoms with Gasteiger partial charge in [0.15, 0.2) is 0 Å². The predicted octanol–water partition coefficient (Wildman–Crippen LogP) is 1.15. The van der Waals surface area contributed by atoms with Crippen molar-refractivity contribution in [3.63, 3.8) is 0 Å². The number of nitrogens with zero attached hydrogens (tertiary/aromatic N) is 1. The lowest BCUT2D eigenvalue weighted by molar-refractivity contribution is -0.140. The number of carbonyl (C=O) groups excluding carboxylic acids is 3. The first kappa shape index (κ1) is 24.7. The van der Waals surface area contributed by atoms with Gasteiger partial charge in [-0.1, -0.05) is 24.0 Å². The smallest absolute Gasteiger partial charge is 0.310 e. The Morgan fingerprint density at radius 1 is 1.24 bits per heavy atom. The topological polar surface area (TPSA) is 108 Å². The van der Waals surface area contributed by atoms with E-state index in [0.717, 1.165) is 0 Å². The minimum absolute atomic E-state index is 0.130. The highest BCUT2D eigenvalue weighted by molar-refractivity contribution is 6.35. The number of anilines is 1. The van der Waals surface area contributed by atoms with Crippen molar-refractivity contribution < 1.29 is 28.6 Å². The zero-order valence-electron chi connectivity index (χ0n) is 19.1. The molecule has 1 aliphatic rings. The summed E-state index contributed by atoms with van der Waals surface area (Å²) < 4.78 is 18.9. The summed E-state index contributed by atoms with van der Waals surface area (Å²) in [6.45, 7) is 3.10. The number of aliphatic hydroxyl groups is 1. The number of fused-ring (bicyclic) bond motifs is 1. The van der Waals surface area contributed by atoms with E-state index in [0.29, 0.717) is 29.0 Å². The fourth-order valence-electron chi connectivity index (χ4n) is 3.22. The average molecular weight is 467 g/mol. The van der Waals surface area contributed by atoms with Crippen LogP contribution in [0.2, 0.25) is 0 Å². The van der Waals surface area contributed by atoms with E-state index in [1.165, 1.54) is 24.1 Å². The number of benzene rings is 2. The van der Waals surface area contributed by atoms with Crippen LogP contribution in [-0.4, -0.2) is 54.7 Å². The van der Waals surface area contributed by atoms with Crippen molar-refractivity contribution >= 4 is 23.4 Å². The van der Waals surface area contributed by atoms with E-state index in [9.17, 15) is 23.9 Å². The quantitative estimate of drug-likeness (QED) is 0.462. The van der Waals surface area contributed by atoms with E-state index in [2.05, 4.69) is 22.5 Å². The number of ether oxygens (including phenoxy) is 1. The Labute approximate surface area is 197 Å². The van der Waals surface area contributed by atoms with Gasteiger partial charge in [-0.25, -0.2) is 4.39 Å². The zero-order valence-corrected chi connectivity index (χ0v) is 19.1. The number of rotatable bonds is 4. The van der Waals surface area contributed by atoms with Gasteiger partial charge in [0.2, 0.25) is 0 Å². The maximum absolute atomic E-state index is 13.2. The van der Waals surface area contributed by atoms with Crippen molar-refractivity contribution in [1.29, 1.82) is 0 Å². The summed E-state index contributed by atoms with van der Waals surface area (Å²) in [4.78, 5) is 38.7. The zero-order chi connectivity index (χ0) is 24.9. The van der Waals surface area contributed by atoms with Crippen molar-refractivity contribution in [3.8, 4) is 17.6 Å². The van der Waals surface area contributed by atoms with Gasteiger partial charge in [0.1, 0.15) is 29.8 Å². The molecule has 3 amide bonds. The van der Waals surface area contributed by atoms with Crippen molar-refractivity contribution in [2.75, 3.05) is 25.1 Å². The summed E-state index contributed by atoms with van der Waals surface area (Å²) in [6.07, 6.45) is 0.346. The Kier molecular flexibility index (Phi) is 7.54. The molecule has 0 saturated carbocycles. The molecular formula is C25H26FN3O5. The van der Waals surface area contributed by atoms with Crippen molar-refractivity contribution in [2.24, 2.45) is 0 Å². The molecule has 8 nitrogen and oxygen atoms in total. The molecule has 0 aliphatic carbocycles. The number of hydrogen-bond donors (Lipinski definition) is 3. The number of likely N-dealkylation sites (N-methyl/N-ethyl adjacent to an activating group) is 1. The number of carbonyl (C=O) groups is 3. The average Bonchev–Trinajstić information content (AvgIpc) is 2.89. The van der Waals surface area contributed by atoms with Crippen LogP contribution in [0.25, 0.3) is 0 Å². The number of nitrogens with one attached hydrogen (secondary N) is 2. The molecule has 3 N–H and O–H groups in total. The lowest BCUT2D eigenvalue weighted by Crippen LogP contribution is -2.53. The molecule has 1 heterocycles. The molecule has 0 aromatic heterocycles. The Balaban J connectivity index is 1.61. The minimum Gasteiger partial charge on any atom is -0.489 e. The molecule has 0 spiro atoms. The SMILES string of the molecule is CN1C(=O)[C@@H](NC(=O)C(=O)NCCc2cccc(F)c2)COc2ccc(C#CC(C)(C)O)cc21. The van der Waals surface area contributed by atoms with Gasteiger partial charge in [-0.3, -0.25) is 14.4 Å². The molecule has 0 saturated heterocycles. The number of halogens is 1. The summed E-state index contributed by atoms with van der Waals surface area (Å²) >= 11 is 0. The molecule has 0 bridgehead atoms. The molecule has 1 aliphatic heterocycles. The van der Waals surface area contributed by atoms with Crippen molar-refractivity contribution in [2.45, 2.75) is 31.9 Å². The van der Waals surface area contributed by atoms with Gasteiger partial charge in [-0.15, -0.1) is 0 Å². The van der Waals surface area contributed by atoms with Crippen LogP contribution in [0.3, 0.4) is 0 Å². The van der Waals surface area contributed by atoms with Crippen LogP contribution in [0.5, 0.6) is 5.75 Å². The fourth-order valence-corrected chi connectivity index (χ4v) is 3.22. The first-order chi connectivity index (χ1) is 16.0. The standard InChI is InChI=1S/C25H26FN3O5/c1-25(2,33)11-9-17-7-8-21-20(14-17)29(3)24(32)19(15-34-21)28-23(31)22(30)27-12-10-16-5-4-6-18(26)13-16/h4-8,13-14,19,33H,10,12,15H2,1-3H3,(H,27,30)(H,28,31)/t19-/m0/s1. The maximum Gasteiger partial charge on any atom is 0.310 e. The molecule has 0 radical (unpaired) electrons. The number of hydrogen-bond acceptors (Lipinski definition) is 5. The summed E-state index contributed by atoms with van der Waals surface area (Å²) in [7, 11) is 1.53. The van der Waals surface area contributed by atoms with E-state index in [1.807, 2.05) is 0 Å². The fraction of sp³-hybridized carbons (Fsp3) is 0.320. The first-order valence-electron chi connectivity index (χ1n) is 10.7. The van der Waals surface area contributed by atoms with E-state index >= 15 is 0 Å². The summed E-state index contributed by atoms with van der Waals surface area (Å²) in [5.41, 5.74) is 0.533. The Hall–Kier alpha value is -3.90. The molecule has 2 aromatic carbocycles. The second-order valence-corrected chi connectivity index (χ2v) is 8.36. The van der Waals surface area contributed by atoms with Crippen LogP contribution in [-0.2, 0) is 20.8 Å². The van der Waals surface area contributed by atoms with Crippen LogP contribution < -0.4 is 20.3 Å². The highest BCUT2D eigenvalue weighted by Gasteiger charge is 2.32. The Morgan fingerprint density at radius 3 is 2.71 bits per heavy atom. The molecule has 1 atom stereocenters. The van der Waals surface area contributed by atoms with E-state index in [1.54, 1.807) is 44.2 Å². The van der Waals surface area contributed by atoms with Crippen LogP contribution in [0.4, 0.5) is 10.1 Å². The molecule has 9 heteroatoms. The van der Waals surface area contributed by atoms with Crippen LogP contribution in [0.1, 0.15) is 25.0 Å². The summed E-state index contributed by atoms with van der Waals surface area (Å²) in [5, 5.41) is 14.7. The largest absolute Gasteiger partial charge is 0.489 e. The maximum atomic E-state index is 13.2. The first-order valence-corrected chi connectivity index (χ1v) is 10.7. The van der Waals surface area contributed by atoms with Gasteiger partial charge < -0.3 is 25.4 Å². The van der Waals surface area contributed by atoms with E-state index in [-0.39, 0.29) is 19.0 Å². The van der Waals surface area contributed by atoms with Crippen LogP contribution in [0, 0.1) is 17.7 Å². The van der Waals surface area contributed by atoms with Gasteiger partial charge in [0.05, 0.1) is 5.69 Å². The third kappa shape index (κ3) is 6.56. The summed E-state index contributed by atoms with van der Waals surface area (Å²) in [5.74, 6) is 3.24. The van der Waals surface area contributed by atoms with Crippen LogP contribution >= 0.6 is 0 Å². The van der Waals surface area contributed by atoms with Gasteiger partial charge in [-0.05, 0) is 56.2 Å². The minimum atomic E-state index is -1.17. The van der Waals surface area contributed by atoms with Crippen LogP contribution in [0.15, 0.2) is 42.5 Å². The third-order valence-corrected chi connectivity index (χ3v) is 4.97. The van der Waals surface area contributed by atoms with Gasteiger partial charge in [0, 0.05) is 19.2 Å². The Morgan fingerprint density at radius 2 is 2.00 bits per heavy atom. The molecule has 178 valence electrons. The second kappa shape index (κ2) is 10.4. The van der Waals surface area contributed by atoms with Crippen molar-refractivity contribution in [1.82, 2.24) is 10.6 Å². The van der Waals surface area contributed by atoms with E-state index in [4.69, 9.17) is 4.74 Å². The second-order valence-electron chi connectivity index (χ2n) is 8.36. The van der Waals surface area contributed by atoms with Gasteiger partial charge >= 0.3 is 11.8 Å². The molecule has 3 rings (SSSR count). The normalized spacial score (nSPS) is 15.3. The third-order valence-electron chi connectivity index (χ3n) is 4.97. The predicted molar refractivity (Wildman–Crippen MR) is 124 cm³/mol. The lowest BCUT2D eigenvalue weighted by atomic mass is 10.1. The molecule has 2 aromatic rings. The lowest BCUT2D eigenvalue weighted by Gasteiger charge is -2.20. The number of amides is 3. The molecule has 0 unspecified atom stereocenters. The molecule has 0 fully saturated rings. The van der Waals surface area contributed by atoms with Gasteiger partial charge in [0.25, 0.3) is 5.91 Å².